The van der Waals surface area contributed by atoms with Crippen LogP contribution < -0.4 is 0 Å². The van der Waals surface area contributed by atoms with Crippen LogP contribution in [0.15, 0.2) is 11.1 Å². The van der Waals surface area contributed by atoms with Gasteiger partial charge < -0.3 is 5.11 Å². The van der Waals surface area contributed by atoms with E-state index in [2.05, 4.69) is 6.92 Å². The highest BCUT2D eigenvalue weighted by Crippen LogP contribution is 2.28. The van der Waals surface area contributed by atoms with Gasteiger partial charge in [-0.2, -0.15) is 0 Å². The Morgan fingerprint density at radius 3 is 2.42 bits per heavy atom. The molecule has 0 heterocycles. The van der Waals surface area contributed by atoms with E-state index < -0.39 is 5.97 Å². The second-order valence-corrected chi connectivity index (χ2v) is 3.34. The van der Waals surface area contributed by atoms with Crippen LogP contribution in [0.2, 0.25) is 0 Å². The third-order valence-electron chi connectivity index (χ3n) is 2.50. The van der Waals surface area contributed by atoms with Gasteiger partial charge in [0.15, 0.2) is 0 Å². The van der Waals surface area contributed by atoms with Crippen molar-refractivity contribution in [3.63, 3.8) is 0 Å². The minimum atomic E-state index is -0.683. The molecule has 0 fully saturated rings. The van der Waals surface area contributed by atoms with Crippen molar-refractivity contribution in [2.75, 3.05) is 0 Å². The first-order valence-corrected chi connectivity index (χ1v) is 4.65. The van der Waals surface area contributed by atoms with Crippen molar-refractivity contribution in [2.24, 2.45) is 0 Å². The third-order valence-corrected chi connectivity index (χ3v) is 2.50. The molecule has 12 heavy (non-hydrogen) atoms. The van der Waals surface area contributed by atoms with Gasteiger partial charge in [0.25, 0.3) is 0 Å². The minimum Gasteiger partial charge on any atom is -0.481 e. The Morgan fingerprint density at radius 1 is 1.33 bits per heavy atom. The molecule has 1 N–H and O–H groups in total. The number of allylic oxidation sites excluding steroid dienone is 1. The molecule has 1 rings (SSSR count). The van der Waals surface area contributed by atoms with Crippen LogP contribution in [0.5, 0.6) is 0 Å². The summed E-state index contributed by atoms with van der Waals surface area (Å²) < 4.78 is 0. The summed E-state index contributed by atoms with van der Waals surface area (Å²) >= 11 is 0. The first-order chi connectivity index (χ1) is 5.74. The fourth-order valence-corrected chi connectivity index (χ4v) is 1.85. The summed E-state index contributed by atoms with van der Waals surface area (Å²) in [7, 11) is 0. The summed E-state index contributed by atoms with van der Waals surface area (Å²) in [6, 6.07) is 0. The second-order valence-electron chi connectivity index (χ2n) is 3.34. The van der Waals surface area contributed by atoms with Gasteiger partial charge in [-0.3, -0.25) is 4.79 Å². The molecule has 0 aromatic heterocycles. The van der Waals surface area contributed by atoms with E-state index in [1.807, 2.05) is 0 Å². The second kappa shape index (κ2) is 4.29. The van der Waals surface area contributed by atoms with Gasteiger partial charge in [0.05, 0.1) is 6.42 Å². The Balaban J connectivity index is 2.66. The highest BCUT2D eigenvalue weighted by molar-refractivity contribution is 5.70. The number of carbonyl (C=O) groups is 1. The average molecular weight is 168 g/mol. The predicted molar refractivity (Wildman–Crippen MR) is 48.0 cm³/mol. The van der Waals surface area contributed by atoms with E-state index in [-0.39, 0.29) is 6.42 Å². The molecule has 0 atom stereocenters. The van der Waals surface area contributed by atoms with Crippen molar-refractivity contribution in [2.45, 2.75) is 45.4 Å². The first-order valence-electron chi connectivity index (χ1n) is 4.65. The molecular weight excluding hydrogens is 152 g/mol. The Hall–Kier alpha value is -0.790. The number of rotatable bonds is 3. The zero-order chi connectivity index (χ0) is 8.97. The Morgan fingerprint density at radius 2 is 1.92 bits per heavy atom. The van der Waals surface area contributed by atoms with Crippen LogP contribution in [0, 0.1) is 0 Å². The molecular formula is C10H16O2. The third kappa shape index (κ3) is 2.36. The fourth-order valence-electron chi connectivity index (χ4n) is 1.85. The molecule has 0 amide bonds. The number of hydrogen-bond donors (Lipinski definition) is 1. The molecule has 0 aliphatic heterocycles. The zero-order valence-electron chi connectivity index (χ0n) is 7.60. The van der Waals surface area contributed by atoms with E-state index >= 15 is 0 Å². The molecule has 0 radical (unpaired) electrons. The number of aliphatic carboxylic acids is 1. The molecule has 1 aliphatic carbocycles. The molecule has 68 valence electrons. The number of carboxylic acids is 1. The zero-order valence-corrected chi connectivity index (χ0v) is 7.60. The van der Waals surface area contributed by atoms with Crippen LogP contribution in [0.1, 0.15) is 45.4 Å². The molecule has 0 aromatic carbocycles. The Kier molecular flexibility index (Phi) is 3.32. The quantitative estimate of drug-likeness (QED) is 0.658. The first kappa shape index (κ1) is 9.30. The van der Waals surface area contributed by atoms with E-state index in [9.17, 15) is 4.79 Å². The highest BCUT2D eigenvalue weighted by Gasteiger charge is 2.13. The van der Waals surface area contributed by atoms with Crippen molar-refractivity contribution in [1.29, 1.82) is 0 Å². The maximum atomic E-state index is 10.5. The lowest BCUT2D eigenvalue weighted by Gasteiger charge is -2.17. The summed E-state index contributed by atoms with van der Waals surface area (Å²) in [5, 5.41) is 8.64. The van der Waals surface area contributed by atoms with Crippen LogP contribution in [-0.2, 0) is 4.79 Å². The smallest absolute Gasteiger partial charge is 0.307 e. The van der Waals surface area contributed by atoms with Crippen LogP contribution >= 0.6 is 0 Å². The maximum Gasteiger partial charge on any atom is 0.307 e. The van der Waals surface area contributed by atoms with Crippen molar-refractivity contribution >= 4 is 5.97 Å². The molecule has 0 bridgehead atoms. The lowest BCUT2D eigenvalue weighted by molar-refractivity contribution is -0.136. The topological polar surface area (TPSA) is 37.3 Å². The molecule has 2 nitrogen and oxygen atoms in total. The molecule has 1 aliphatic rings. The summed E-state index contributed by atoms with van der Waals surface area (Å²) in [5.74, 6) is -0.683. The van der Waals surface area contributed by atoms with Crippen LogP contribution in [0.3, 0.4) is 0 Å². The van der Waals surface area contributed by atoms with Crippen molar-refractivity contribution in [1.82, 2.24) is 0 Å². The summed E-state index contributed by atoms with van der Waals surface area (Å²) in [6.07, 6.45) is 5.85. The van der Waals surface area contributed by atoms with Crippen LogP contribution in [-0.4, -0.2) is 11.1 Å². The number of carboxylic acid groups (broad SMARTS) is 1. The molecule has 2 heteroatoms. The van der Waals surface area contributed by atoms with E-state index in [1.54, 1.807) is 0 Å². The standard InChI is InChI=1S/C10H16O2/c1-2-8-5-3-4-6-9(8)7-10(11)12/h2-7H2,1H3,(H,11,12). The van der Waals surface area contributed by atoms with Gasteiger partial charge in [0.1, 0.15) is 0 Å². The summed E-state index contributed by atoms with van der Waals surface area (Å²) in [5.41, 5.74) is 2.58. The Labute approximate surface area is 73.3 Å². The molecule has 0 saturated heterocycles. The van der Waals surface area contributed by atoms with Gasteiger partial charge in [0, 0.05) is 0 Å². The monoisotopic (exact) mass is 168 g/mol. The molecule has 0 spiro atoms. The van der Waals surface area contributed by atoms with E-state index in [0.717, 1.165) is 19.3 Å². The van der Waals surface area contributed by atoms with E-state index in [4.69, 9.17) is 5.11 Å². The van der Waals surface area contributed by atoms with E-state index in [0.29, 0.717) is 0 Å². The lowest BCUT2D eigenvalue weighted by atomic mass is 9.88. The van der Waals surface area contributed by atoms with Gasteiger partial charge in [-0.05, 0) is 32.1 Å². The van der Waals surface area contributed by atoms with Gasteiger partial charge >= 0.3 is 5.97 Å². The van der Waals surface area contributed by atoms with Crippen molar-refractivity contribution in [3.8, 4) is 0 Å². The molecule has 0 aromatic rings. The molecule has 0 unspecified atom stereocenters. The largest absolute Gasteiger partial charge is 0.481 e. The van der Waals surface area contributed by atoms with Crippen molar-refractivity contribution in [3.05, 3.63) is 11.1 Å². The Bertz CT molecular complexity index is 204. The minimum absolute atomic E-state index is 0.267. The molecule has 0 saturated carbocycles. The normalized spacial score (nSPS) is 18.1. The van der Waals surface area contributed by atoms with Gasteiger partial charge in [-0.25, -0.2) is 0 Å². The average Bonchev–Trinajstić information content (AvgIpc) is 2.04. The SMILES string of the molecule is CCC1=C(CC(=O)O)CCCC1. The van der Waals surface area contributed by atoms with Gasteiger partial charge in [0.2, 0.25) is 0 Å². The predicted octanol–water partition coefficient (Wildman–Crippen LogP) is 2.74. The van der Waals surface area contributed by atoms with Crippen molar-refractivity contribution < 1.29 is 9.90 Å². The maximum absolute atomic E-state index is 10.5. The fraction of sp³-hybridized carbons (Fsp3) is 0.700. The lowest BCUT2D eigenvalue weighted by Crippen LogP contribution is -2.04. The number of hydrogen-bond acceptors (Lipinski definition) is 1. The highest BCUT2D eigenvalue weighted by atomic mass is 16.4. The summed E-state index contributed by atoms with van der Waals surface area (Å²) in [4.78, 5) is 10.5. The van der Waals surface area contributed by atoms with Gasteiger partial charge in [-0.1, -0.05) is 18.1 Å². The van der Waals surface area contributed by atoms with E-state index in [1.165, 1.54) is 24.0 Å². The van der Waals surface area contributed by atoms with Crippen LogP contribution in [0.4, 0.5) is 0 Å². The van der Waals surface area contributed by atoms with Crippen LogP contribution in [0.25, 0.3) is 0 Å². The summed E-state index contributed by atoms with van der Waals surface area (Å²) in [6.45, 7) is 2.11. The van der Waals surface area contributed by atoms with Gasteiger partial charge in [-0.15, -0.1) is 0 Å².